The lowest BCUT2D eigenvalue weighted by molar-refractivity contribution is 0.0953. The van der Waals surface area contributed by atoms with Crippen LogP contribution in [0.15, 0.2) is 48.5 Å². The number of hydrogen-bond acceptors (Lipinski definition) is 2. The summed E-state index contributed by atoms with van der Waals surface area (Å²) in [5.74, 6) is 4.79. The Balaban J connectivity index is 2.29. The summed E-state index contributed by atoms with van der Waals surface area (Å²) in [5, 5.41) is 0. The van der Waals surface area contributed by atoms with Gasteiger partial charge in [0.25, 0.3) is 5.91 Å². The van der Waals surface area contributed by atoms with Gasteiger partial charge in [0, 0.05) is 5.56 Å². The van der Waals surface area contributed by atoms with E-state index in [0.717, 1.165) is 11.1 Å². The molecule has 0 spiro atoms. The molecule has 0 heterocycles. The van der Waals surface area contributed by atoms with Crippen molar-refractivity contribution in [3.05, 3.63) is 59.7 Å². The number of amides is 1. The minimum atomic E-state index is -0.277. The maximum absolute atomic E-state index is 11.3. The van der Waals surface area contributed by atoms with E-state index in [0.29, 0.717) is 5.56 Å². The molecule has 0 fully saturated rings. The number of hydrogen-bond donors (Lipinski definition) is 2. The quantitative estimate of drug-likeness (QED) is 0.469. The Labute approximate surface area is 100 Å². The summed E-state index contributed by atoms with van der Waals surface area (Å²) in [6.45, 7) is 2.05. The van der Waals surface area contributed by atoms with Crippen LogP contribution in [0.3, 0.4) is 0 Å². The zero-order chi connectivity index (χ0) is 12.3. The molecule has 0 aromatic heterocycles. The summed E-state index contributed by atoms with van der Waals surface area (Å²) in [4.78, 5) is 11.3. The van der Waals surface area contributed by atoms with E-state index in [1.54, 1.807) is 12.1 Å². The molecule has 0 aliphatic carbocycles. The third kappa shape index (κ3) is 2.52. The molecule has 3 nitrogen and oxygen atoms in total. The van der Waals surface area contributed by atoms with Gasteiger partial charge in [-0.25, -0.2) is 5.84 Å². The lowest BCUT2D eigenvalue weighted by Crippen LogP contribution is -2.29. The van der Waals surface area contributed by atoms with Gasteiger partial charge in [0.2, 0.25) is 0 Å². The summed E-state index contributed by atoms with van der Waals surface area (Å²) in [6.07, 6.45) is 0. The number of nitrogens with two attached hydrogens (primary N) is 1. The SMILES string of the molecule is Cc1ccc(-c2ccc(C(=O)NN)cc2)cc1. The second-order valence-corrected chi connectivity index (χ2v) is 3.92. The third-order valence-corrected chi connectivity index (χ3v) is 2.66. The maximum atomic E-state index is 11.3. The van der Waals surface area contributed by atoms with Crippen molar-refractivity contribution in [1.82, 2.24) is 5.43 Å². The molecule has 3 N–H and O–H groups in total. The Bertz CT molecular complexity index is 515. The summed E-state index contributed by atoms with van der Waals surface area (Å²) in [6, 6.07) is 15.6. The first kappa shape index (κ1) is 11.4. The fourth-order valence-electron chi connectivity index (χ4n) is 1.64. The number of benzene rings is 2. The van der Waals surface area contributed by atoms with Crippen molar-refractivity contribution >= 4 is 5.91 Å². The third-order valence-electron chi connectivity index (χ3n) is 2.66. The van der Waals surface area contributed by atoms with E-state index in [-0.39, 0.29) is 5.91 Å². The molecule has 2 rings (SSSR count). The largest absolute Gasteiger partial charge is 0.290 e. The van der Waals surface area contributed by atoms with Crippen LogP contribution in [0.25, 0.3) is 11.1 Å². The standard InChI is InChI=1S/C14H14N2O/c1-10-2-4-11(5-3-10)12-6-8-13(9-7-12)14(17)16-15/h2-9H,15H2,1H3,(H,16,17). The van der Waals surface area contributed by atoms with Gasteiger partial charge < -0.3 is 0 Å². The highest BCUT2D eigenvalue weighted by atomic mass is 16.2. The highest BCUT2D eigenvalue weighted by molar-refractivity contribution is 5.94. The molecule has 3 heteroatoms. The predicted molar refractivity (Wildman–Crippen MR) is 68.3 cm³/mol. The number of nitrogens with one attached hydrogen (secondary N) is 1. The van der Waals surface area contributed by atoms with Gasteiger partial charge in [0.05, 0.1) is 0 Å². The van der Waals surface area contributed by atoms with Gasteiger partial charge in [-0.1, -0.05) is 42.0 Å². The lowest BCUT2D eigenvalue weighted by Gasteiger charge is -2.04. The summed E-state index contributed by atoms with van der Waals surface area (Å²) in [7, 11) is 0. The fraction of sp³-hybridized carbons (Fsp3) is 0.0714. The van der Waals surface area contributed by atoms with Gasteiger partial charge in [0.15, 0.2) is 0 Å². The van der Waals surface area contributed by atoms with Crippen LogP contribution in [0, 0.1) is 6.92 Å². The van der Waals surface area contributed by atoms with Crippen LogP contribution in [0.1, 0.15) is 15.9 Å². The zero-order valence-corrected chi connectivity index (χ0v) is 9.60. The van der Waals surface area contributed by atoms with Crippen LogP contribution in [0.2, 0.25) is 0 Å². The molecule has 0 atom stereocenters. The number of aryl methyl sites for hydroxylation is 1. The number of nitrogen functional groups attached to an aromatic ring is 1. The Morgan fingerprint density at radius 1 is 0.941 bits per heavy atom. The van der Waals surface area contributed by atoms with Crippen LogP contribution < -0.4 is 11.3 Å². The number of carbonyl (C=O) groups excluding carboxylic acids is 1. The maximum Gasteiger partial charge on any atom is 0.265 e. The first-order chi connectivity index (χ1) is 8.20. The van der Waals surface area contributed by atoms with Crippen molar-refractivity contribution in [3.8, 4) is 11.1 Å². The van der Waals surface area contributed by atoms with Crippen molar-refractivity contribution in [2.24, 2.45) is 5.84 Å². The summed E-state index contributed by atoms with van der Waals surface area (Å²) < 4.78 is 0. The highest BCUT2D eigenvalue weighted by Crippen LogP contribution is 2.20. The van der Waals surface area contributed by atoms with Gasteiger partial charge in [-0.15, -0.1) is 0 Å². The van der Waals surface area contributed by atoms with E-state index in [9.17, 15) is 4.79 Å². The van der Waals surface area contributed by atoms with Gasteiger partial charge >= 0.3 is 0 Å². The molecular weight excluding hydrogens is 212 g/mol. The van der Waals surface area contributed by atoms with Gasteiger partial charge in [0.1, 0.15) is 0 Å². The van der Waals surface area contributed by atoms with Crippen molar-refractivity contribution in [2.75, 3.05) is 0 Å². The van der Waals surface area contributed by atoms with E-state index >= 15 is 0 Å². The van der Waals surface area contributed by atoms with Crippen LogP contribution in [0.5, 0.6) is 0 Å². The molecule has 0 saturated carbocycles. The summed E-state index contributed by atoms with van der Waals surface area (Å²) >= 11 is 0. The first-order valence-corrected chi connectivity index (χ1v) is 5.39. The molecule has 2 aromatic rings. The topological polar surface area (TPSA) is 55.1 Å². The minimum absolute atomic E-state index is 0.277. The molecule has 0 aliphatic heterocycles. The Morgan fingerprint density at radius 3 is 1.88 bits per heavy atom. The van der Waals surface area contributed by atoms with Crippen LogP contribution in [-0.2, 0) is 0 Å². The van der Waals surface area contributed by atoms with Crippen molar-refractivity contribution in [3.63, 3.8) is 0 Å². The van der Waals surface area contributed by atoms with Crippen molar-refractivity contribution in [1.29, 1.82) is 0 Å². The number of rotatable bonds is 2. The highest BCUT2D eigenvalue weighted by Gasteiger charge is 2.03. The number of hydrazine groups is 1. The van der Waals surface area contributed by atoms with Crippen molar-refractivity contribution in [2.45, 2.75) is 6.92 Å². The van der Waals surface area contributed by atoms with E-state index < -0.39 is 0 Å². The monoisotopic (exact) mass is 226 g/mol. The smallest absolute Gasteiger partial charge is 0.265 e. The van der Waals surface area contributed by atoms with Crippen LogP contribution >= 0.6 is 0 Å². The zero-order valence-electron chi connectivity index (χ0n) is 9.60. The van der Waals surface area contributed by atoms with Gasteiger partial charge in [-0.3, -0.25) is 10.2 Å². The molecule has 0 radical (unpaired) electrons. The van der Waals surface area contributed by atoms with Gasteiger partial charge in [-0.05, 0) is 30.2 Å². The second kappa shape index (κ2) is 4.80. The van der Waals surface area contributed by atoms with E-state index in [1.165, 1.54) is 5.56 Å². The fourth-order valence-corrected chi connectivity index (χ4v) is 1.64. The molecule has 0 bridgehead atoms. The van der Waals surface area contributed by atoms with Gasteiger partial charge in [-0.2, -0.15) is 0 Å². The normalized spacial score (nSPS) is 10.0. The summed E-state index contributed by atoms with van der Waals surface area (Å²) in [5.41, 5.74) is 6.11. The molecular formula is C14H14N2O. The first-order valence-electron chi connectivity index (χ1n) is 5.39. The Kier molecular flexibility index (Phi) is 3.21. The minimum Gasteiger partial charge on any atom is -0.290 e. The molecule has 86 valence electrons. The second-order valence-electron chi connectivity index (χ2n) is 3.92. The van der Waals surface area contributed by atoms with Crippen LogP contribution in [-0.4, -0.2) is 5.91 Å². The molecule has 17 heavy (non-hydrogen) atoms. The molecule has 2 aromatic carbocycles. The van der Waals surface area contributed by atoms with E-state index in [4.69, 9.17) is 5.84 Å². The average Bonchev–Trinajstić information content (AvgIpc) is 2.39. The van der Waals surface area contributed by atoms with E-state index in [2.05, 4.69) is 36.6 Å². The predicted octanol–water partition coefficient (Wildman–Crippen LogP) is 2.27. The van der Waals surface area contributed by atoms with E-state index in [1.807, 2.05) is 12.1 Å². The molecule has 0 saturated heterocycles. The average molecular weight is 226 g/mol. The van der Waals surface area contributed by atoms with Crippen LogP contribution in [0.4, 0.5) is 0 Å². The number of carbonyl (C=O) groups is 1. The molecule has 0 unspecified atom stereocenters. The van der Waals surface area contributed by atoms with Crippen molar-refractivity contribution < 1.29 is 4.79 Å². The molecule has 1 amide bonds. The lowest BCUT2D eigenvalue weighted by atomic mass is 10.0. The Morgan fingerprint density at radius 2 is 1.41 bits per heavy atom. The molecule has 0 aliphatic rings. The Hall–Kier alpha value is -2.13.